The van der Waals surface area contributed by atoms with Gasteiger partial charge in [0.1, 0.15) is 5.01 Å². The summed E-state index contributed by atoms with van der Waals surface area (Å²) >= 11 is 7.10. The van der Waals surface area contributed by atoms with Gasteiger partial charge in [0.2, 0.25) is 4.96 Å². The highest BCUT2D eigenvalue weighted by molar-refractivity contribution is 7.19. The second-order valence-electron chi connectivity index (χ2n) is 4.19. The topological polar surface area (TPSA) is 47.3 Å². The zero-order valence-corrected chi connectivity index (χ0v) is 11.7. The summed E-state index contributed by atoms with van der Waals surface area (Å²) in [6.07, 6.45) is 0. The Morgan fingerprint density at radius 3 is 2.74 bits per heavy atom. The van der Waals surface area contributed by atoms with Gasteiger partial charge in [0.15, 0.2) is 0 Å². The quantitative estimate of drug-likeness (QED) is 0.682. The number of hydrogen-bond acceptors (Lipinski definition) is 4. The molecule has 4 nitrogen and oxygen atoms in total. The average Bonchev–Trinajstić information content (AvgIpc) is 2.84. The van der Waals surface area contributed by atoms with E-state index in [4.69, 9.17) is 11.6 Å². The average molecular weight is 292 g/mol. The standard InChI is InChI=1S/C13H10ClN3OS/c1-8-2-4-9(5-3-8)12-16-17-11(18)6-10(7-14)15-13(17)19-12/h2-6H,7H2,1H3. The number of fused-ring (bicyclic) bond motifs is 1. The van der Waals surface area contributed by atoms with Crippen molar-refractivity contribution in [1.29, 1.82) is 0 Å². The molecular formula is C13H10ClN3OS. The molecule has 0 amide bonds. The Bertz CT molecular complexity index is 792. The summed E-state index contributed by atoms with van der Waals surface area (Å²) in [6.45, 7) is 2.03. The Kier molecular flexibility index (Phi) is 3.08. The van der Waals surface area contributed by atoms with Crippen LogP contribution in [0.25, 0.3) is 15.5 Å². The Morgan fingerprint density at radius 2 is 2.05 bits per heavy atom. The van der Waals surface area contributed by atoms with E-state index in [0.29, 0.717) is 10.7 Å². The molecule has 0 atom stereocenters. The molecule has 0 bridgehead atoms. The fourth-order valence-electron chi connectivity index (χ4n) is 1.74. The predicted molar refractivity (Wildman–Crippen MR) is 76.9 cm³/mol. The van der Waals surface area contributed by atoms with E-state index in [1.54, 1.807) is 0 Å². The first-order valence-corrected chi connectivity index (χ1v) is 7.05. The third kappa shape index (κ3) is 2.27. The minimum Gasteiger partial charge on any atom is -0.267 e. The van der Waals surface area contributed by atoms with Crippen molar-refractivity contribution in [1.82, 2.24) is 14.6 Å². The van der Waals surface area contributed by atoms with Crippen LogP contribution in [0.5, 0.6) is 0 Å². The second kappa shape index (κ2) is 4.75. The van der Waals surface area contributed by atoms with Crippen LogP contribution in [0.1, 0.15) is 11.3 Å². The fraction of sp³-hybridized carbons (Fsp3) is 0.154. The van der Waals surface area contributed by atoms with Crippen LogP contribution in [0.2, 0.25) is 0 Å². The summed E-state index contributed by atoms with van der Waals surface area (Å²) in [6, 6.07) is 9.42. The van der Waals surface area contributed by atoms with Crippen molar-refractivity contribution < 1.29 is 0 Å². The summed E-state index contributed by atoms with van der Waals surface area (Å²) in [4.78, 5) is 16.7. The molecule has 2 aromatic heterocycles. The van der Waals surface area contributed by atoms with Crippen LogP contribution in [-0.4, -0.2) is 14.6 Å². The largest absolute Gasteiger partial charge is 0.275 e. The molecule has 0 unspecified atom stereocenters. The van der Waals surface area contributed by atoms with Gasteiger partial charge in [-0.2, -0.15) is 9.61 Å². The van der Waals surface area contributed by atoms with Gasteiger partial charge in [0.05, 0.1) is 11.6 Å². The molecule has 0 aliphatic heterocycles. The van der Waals surface area contributed by atoms with Crippen molar-refractivity contribution >= 4 is 27.9 Å². The zero-order chi connectivity index (χ0) is 13.4. The molecule has 19 heavy (non-hydrogen) atoms. The number of rotatable bonds is 2. The first-order chi connectivity index (χ1) is 9.17. The molecule has 0 fully saturated rings. The molecule has 0 aliphatic rings. The van der Waals surface area contributed by atoms with Gasteiger partial charge in [0, 0.05) is 11.6 Å². The van der Waals surface area contributed by atoms with Crippen molar-refractivity contribution in [3.8, 4) is 10.6 Å². The van der Waals surface area contributed by atoms with Gasteiger partial charge < -0.3 is 0 Å². The highest BCUT2D eigenvalue weighted by Gasteiger charge is 2.10. The molecule has 1 aromatic carbocycles. The van der Waals surface area contributed by atoms with Gasteiger partial charge in [-0.3, -0.25) is 4.79 Å². The predicted octanol–water partition coefficient (Wildman–Crippen LogP) is 2.87. The van der Waals surface area contributed by atoms with Crippen molar-refractivity contribution in [2.24, 2.45) is 0 Å². The van der Waals surface area contributed by atoms with E-state index in [0.717, 1.165) is 10.6 Å². The molecule has 2 heterocycles. The van der Waals surface area contributed by atoms with Gasteiger partial charge in [-0.1, -0.05) is 41.2 Å². The molecule has 3 aromatic rings. The maximum absolute atomic E-state index is 11.9. The highest BCUT2D eigenvalue weighted by Crippen LogP contribution is 2.24. The van der Waals surface area contributed by atoms with Crippen LogP contribution in [0.15, 0.2) is 35.1 Å². The normalized spacial score (nSPS) is 11.1. The maximum Gasteiger partial charge on any atom is 0.275 e. The van der Waals surface area contributed by atoms with Gasteiger partial charge in [-0.05, 0) is 6.92 Å². The zero-order valence-electron chi connectivity index (χ0n) is 10.1. The maximum atomic E-state index is 11.9. The Hall–Kier alpha value is -1.72. The molecule has 6 heteroatoms. The molecular weight excluding hydrogens is 282 g/mol. The van der Waals surface area contributed by atoms with Crippen molar-refractivity contribution in [3.63, 3.8) is 0 Å². The number of benzene rings is 1. The summed E-state index contributed by atoms with van der Waals surface area (Å²) < 4.78 is 1.32. The van der Waals surface area contributed by atoms with Crippen LogP contribution in [-0.2, 0) is 5.88 Å². The minimum absolute atomic E-state index is 0.199. The smallest absolute Gasteiger partial charge is 0.267 e. The molecule has 0 saturated heterocycles. The van der Waals surface area contributed by atoms with Crippen molar-refractivity contribution in [2.75, 3.05) is 0 Å². The lowest BCUT2D eigenvalue weighted by Gasteiger charge is -1.95. The number of hydrogen-bond donors (Lipinski definition) is 0. The molecule has 0 radical (unpaired) electrons. The second-order valence-corrected chi connectivity index (χ2v) is 5.41. The fourth-order valence-corrected chi connectivity index (χ4v) is 2.80. The van der Waals surface area contributed by atoms with E-state index in [-0.39, 0.29) is 11.4 Å². The van der Waals surface area contributed by atoms with E-state index in [2.05, 4.69) is 10.1 Å². The van der Waals surface area contributed by atoms with Crippen LogP contribution < -0.4 is 5.56 Å². The monoisotopic (exact) mass is 291 g/mol. The minimum atomic E-state index is -0.199. The molecule has 0 aliphatic carbocycles. The summed E-state index contributed by atoms with van der Waals surface area (Å²) in [5.41, 5.74) is 2.54. The van der Waals surface area contributed by atoms with Crippen LogP contribution in [0, 0.1) is 6.92 Å². The Labute approximate surface area is 118 Å². The molecule has 96 valence electrons. The van der Waals surface area contributed by atoms with Crippen LogP contribution in [0.3, 0.4) is 0 Å². The molecule has 3 rings (SSSR count). The van der Waals surface area contributed by atoms with Gasteiger partial charge >= 0.3 is 0 Å². The first kappa shape index (κ1) is 12.3. The Morgan fingerprint density at radius 1 is 1.32 bits per heavy atom. The van der Waals surface area contributed by atoms with Crippen LogP contribution >= 0.6 is 22.9 Å². The van der Waals surface area contributed by atoms with Gasteiger partial charge in [-0.25, -0.2) is 4.98 Å². The molecule has 0 saturated carbocycles. The lowest BCUT2D eigenvalue weighted by atomic mass is 10.2. The number of halogens is 1. The highest BCUT2D eigenvalue weighted by atomic mass is 35.5. The Balaban J connectivity index is 2.18. The van der Waals surface area contributed by atoms with Crippen molar-refractivity contribution in [3.05, 3.63) is 51.9 Å². The summed E-state index contributed by atoms with van der Waals surface area (Å²) in [7, 11) is 0. The van der Waals surface area contributed by atoms with Gasteiger partial charge in [-0.15, -0.1) is 11.6 Å². The third-order valence-corrected chi connectivity index (χ3v) is 3.96. The number of aromatic nitrogens is 3. The van der Waals surface area contributed by atoms with E-state index in [9.17, 15) is 4.79 Å². The SMILES string of the molecule is Cc1ccc(-c2nn3c(=O)cc(CCl)nc3s2)cc1. The number of aryl methyl sites for hydroxylation is 1. The van der Waals surface area contributed by atoms with E-state index in [1.807, 2.05) is 31.2 Å². The summed E-state index contributed by atoms with van der Waals surface area (Å²) in [5.74, 6) is 0.226. The molecule has 0 N–H and O–H groups in total. The summed E-state index contributed by atoms with van der Waals surface area (Å²) in [5, 5.41) is 5.08. The lowest BCUT2D eigenvalue weighted by Crippen LogP contribution is -2.14. The lowest BCUT2D eigenvalue weighted by molar-refractivity contribution is 0.891. The first-order valence-electron chi connectivity index (χ1n) is 5.70. The number of nitrogens with zero attached hydrogens (tertiary/aromatic N) is 3. The molecule has 0 spiro atoms. The van der Waals surface area contributed by atoms with Gasteiger partial charge in [0.25, 0.3) is 5.56 Å². The van der Waals surface area contributed by atoms with Crippen molar-refractivity contribution in [2.45, 2.75) is 12.8 Å². The van der Waals surface area contributed by atoms with E-state index in [1.165, 1.54) is 27.5 Å². The number of alkyl halides is 1. The van der Waals surface area contributed by atoms with E-state index >= 15 is 0 Å². The third-order valence-electron chi connectivity index (χ3n) is 2.73. The van der Waals surface area contributed by atoms with Crippen LogP contribution in [0.4, 0.5) is 0 Å². The van der Waals surface area contributed by atoms with E-state index < -0.39 is 0 Å².